The molecule has 0 radical (unpaired) electrons. The van der Waals surface area contributed by atoms with Crippen LogP contribution in [-0.2, 0) is 6.54 Å². The molecule has 2 nitrogen and oxygen atoms in total. The fraction of sp³-hybridized carbons (Fsp3) is 0.412. The molecule has 2 N–H and O–H groups in total. The number of aliphatic hydroxyl groups excluding tert-OH is 1. The van der Waals surface area contributed by atoms with Crippen LogP contribution >= 0.6 is 0 Å². The monoisotopic (exact) mass is 257 g/mol. The van der Waals surface area contributed by atoms with E-state index in [0.717, 1.165) is 19.4 Å². The molecular weight excluding hydrogens is 234 g/mol. The predicted molar refractivity (Wildman–Crippen MR) is 81.2 cm³/mol. The quantitative estimate of drug-likeness (QED) is 0.830. The zero-order valence-corrected chi connectivity index (χ0v) is 11.8. The van der Waals surface area contributed by atoms with Crippen LogP contribution in [0.2, 0.25) is 0 Å². The Morgan fingerprint density at radius 3 is 2.37 bits per heavy atom. The lowest BCUT2D eigenvalue weighted by Gasteiger charge is -2.31. The van der Waals surface area contributed by atoms with Crippen molar-refractivity contribution >= 4 is 10.8 Å². The minimum Gasteiger partial charge on any atom is -0.394 e. The second-order valence-electron chi connectivity index (χ2n) is 5.14. The van der Waals surface area contributed by atoms with Gasteiger partial charge < -0.3 is 10.4 Å². The van der Waals surface area contributed by atoms with Crippen LogP contribution < -0.4 is 5.32 Å². The van der Waals surface area contributed by atoms with E-state index in [4.69, 9.17) is 0 Å². The van der Waals surface area contributed by atoms with Crippen LogP contribution in [0.5, 0.6) is 0 Å². The van der Waals surface area contributed by atoms with Gasteiger partial charge in [0.25, 0.3) is 0 Å². The Morgan fingerprint density at radius 1 is 1.00 bits per heavy atom. The molecule has 0 saturated heterocycles. The Bertz CT molecular complexity index is 518. The summed E-state index contributed by atoms with van der Waals surface area (Å²) in [6.07, 6.45) is 1.87. The van der Waals surface area contributed by atoms with Crippen LogP contribution in [0.4, 0.5) is 0 Å². The normalized spacial score (nSPS) is 11.9. The molecule has 19 heavy (non-hydrogen) atoms. The van der Waals surface area contributed by atoms with Gasteiger partial charge in [0.1, 0.15) is 0 Å². The van der Waals surface area contributed by atoms with Gasteiger partial charge in [-0.2, -0.15) is 0 Å². The van der Waals surface area contributed by atoms with Crippen molar-refractivity contribution in [2.45, 2.75) is 38.8 Å². The van der Waals surface area contributed by atoms with Gasteiger partial charge in [-0.25, -0.2) is 0 Å². The zero-order chi connectivity index (χ0) is 13.7. The van der Waals surface area contributed by atoms with Gasteiger partial charge in [0.2, 0.25) is 0 Å². The Labute approximate surface area is 115 Å². The van der Waals surface area contributed by atoms with Gasteiger partial charge in [-0.15, -0.1) is 0 Å². The maximum Gasteiger partial charge on any atom is 0.0613 e. The van der Waals surface area contributed by atoms with E-state index < -0.39 is 0 Å². The highest BCUT2D eigenvalue weighted by Crippen LogP contribution is 2.20. The molecule has 0 unspecified atom stereocenters. The van der Waals surface area contributed by atoms with Crippen LogP contribution in [0.3, 0.4) is 0 Å². The summed E-state index contributed by atoms with van der Waals surface area (Å²) in [5.41, 5.74) is 1.13. The second kappa shape index (κ2) is 6.18. The van der Waals surface area contributed by atoms with E-state index in [-0.39, 0.29) is 12.1 Å². The van der Waals surface area contributed by atoms with Gasteiger partial charge in [-0.1, -0.05) is 56.3 Å². The fourth-order valence-electron chi connectivity index (χ4n) is 2.51. The Morgan fingerprint density at radius 2 is 1.68 bits per heavy atom. The Kier molecular flexibility index (Phi) is 4.56. The van der Waals surface area contributed by atoms with Crippen molar-refractivity contribution in [1.82, 2.24) is 5.32 Å². The van der Waals surface area contributed by atoms with E-state index in [1.807, 2.05) is 0 Å². The van der Waals surface area contributed by atoms with E-state index in [2.05, 4.69) is 61.6 Å². The minimum absolute atomic E-state index is 0.156. The summed E-state index contributed by atoms with van der Waals surface area (Å²) in [5.74, 6) is 0. The van der Waals surface area contributed by atoms with Crippen LogP contribution in [-0.4, -0.2) is 17.3 Å². The molecule has 2 aromatic carbocycles. The molecule has 0 aromatic heterocycles. The number of hydrogen-bond donors (Lipinski definition) is 2. The average Bonchev–Trinajstić information content (AvgIpc) is 2.49. The van der Waals surface area contributed by atoms with Gasteiger partial charge >= 0.3 is 0 Å². The van der Waals surface area contributed by atoms with Crippen molar-refractivity contribution in [1.29, 1.82) is 0 Å². The molecule has 0 aliphatic carbocycles. The first-order chi connectivity index (χ1) is 9.24. The largest absolute Gasteiger partial charge is 0.394 e. The lowest BCUT2D eigenvalue weighted by atomic mass is 9.93. The molecule has 0 aliphatic heterocycles. The van der Waals surface area contributed by atoms with Crippen molar-refractivity contribution in [2.24, 2.45) is 0 Å². The highest BCUT2D eigenvalue weighted by molar-refractivity contribution is 5.85. The van der Waals surface area contributed by atoms with Crippen molar-refractivity contribution in [3.05, 3.63) is 48.0 Å². The number of benzene rings is 2. The minimum atomic E-state index is -0.156. The van der Waals surface area contributed by atoms with E-state index in [1.54, 1.807) is 0 Å². The average molecular weight is 257 g/mol. The maximum atomic E-state index is 9.61. The molecule has 2 aromatic rings. The van der Waals surface area contributed by atoms with E-state index in [9.17, 15) is 5.11 Å². The van der Waals surface area contributed by atoms with E-state index >= 15 is 0 Å². The molecule has 0 bridgehead atoms. The Balaban J connectivity index is 2.22. The van der Waals surface area contributed by atoms with Gasteiger partial charge in [0, 0.05) is 12.1 Å². The summed E-state index contributed by atoms with van der Waals surface area (Å²) in [6, 6.07) is 14.8. The molecule has 102 valence electrons. The topological polar surface area (TPSA) is 32.3 Å². The zero-order valence-electron chi connectivity index (χ0n) is 11.8. The van der Waals surface area contributed by atoms with Crippen LogP contribution in [0.15, 0.2) is 42.5 Å². The third kappa shape index (κ3) is 2.96. The van der Waals surface area contributed by atoms with Crippen molar-refractivity contribution in [3.63, 3.8) is 0 Å². The number of aliphatic hydroxyl groups is 1. The highest BCUT2D eigenvalue weighted by atomic mass is 16.3. The summed E-state index contributed by atoms with van der Waals surface area (Å²) < 4.78 is 0. The van der Waals surface area contributed by atoms with Crippen molar-refractivity contribution in [3.8, 4) is 0 Å². The molecule has 0 spiro atoms. The first kappa shape index (κ1) is 14.0. The summed E-state index contributed by atoms with van der Waals surface area (Å²) in [5, 5.41) is 15.7. The van der Waals surface area contributed by atoms with E-state index in [1.165, 1.54) is 16.3 Å². The fourth-order valence-corrected chi connectivity index (χ4v) is 2.51. The number of nitrogens with one attached hydrogen (secondary N) is 1. The molecule has 0 aliphatic rings. The van der Waals surface area contributed by atoms with Gasteiger partial charge in [-0.05, 0) is 29.2 Å². The smallest absolute Gasteiger partial charge is 0.0613 e. The summed E-state index contributed by atoms with van der Waals surface area (Å²) >= 11 is 0. The standard InChI is InChI=1S/C17H23NO/c1-3-17(4-2,13-19)18-12-15-10-7-9-14-8-5-6-11-16(14)15/h5-11,18-19H,3-4,12-13H2,1-2H3. The lowest BCUT2D eigenvalue weighted by Crippen LogP contribution is -2.47. The number of rotatable bonds is 6. The first-order valence-electron chi connectivity index (χ1n) is 7.07. The summed E-state index contributed by atoms with van der Waals surface area (Å²) in [4.78, 5) is 0. The van der Waals surface area contributed by atoms with Crippen LogP contribution in [0.1, 0.15) is 32.3 Å². The van der Waals surface area contributed by atoms with Gasteiger partial charge in [0.15, 0.2) is 0 Å². The first-order valence-corrected chi connectivity index (χ1v) is 7.07. The number of fused-ring (bicyclic) bond motifs is 1. The van der Waals surface area contributed by atoms with Crippen molar-refractivity contribution in [2.75, 3.05) is 6.61 Å². The molecule has 2 rings (SSSR count). The van der Waals surface area contributed by atoms with Gasteiger partial charge in [0.05, 0.1) is 6.61 Å². The van der Waals surface area contributed by atoms with Gasteiger partial charge in [-0.3, -0.25) is 0 Å². The Hall–Kier alpha value is -1.38. The highest BCUT2D eigenvalue weighted by Gasteiger charge is 2.24. The van der Waals surface area contributed by atoms with Crippen LogP contribution in [0, 0.1) is 0 Å². The summed E-state index contributed by atoms with van der Waals surface area (Å²) in [6.45, 7) is 5.22. The third-order valence-electron chi connectivity index (χ3n) is 4.19. The molecular formula is C17H23NO. The molecule has 0 amide bonds. The molecule has 2 heteroatoms. The molecule has 0 heterocycles. The SMILES string of the molecule is CCC(CC)(CO)NCc1cccc2ccccc12. The maximum absolute atomic E-state index is 9.61. The molecule has 0 fully saturated rings. The third-order valence-corrected chi connectivity index (χ3v) is 4.19. The van der Waals surface area contributed by atoms with Crippen LogP contribution in [0.25, 0.3) is 10.8 Å². The lowest BCUT2D eigenvalue weighted by molar-refractivity contribution is 0.149. The molecule has 0 atom stereocenters. The predicted octanol–water partition coefficient (Wildman–Crippen LogP) is 3.48. The summed E-state index contributed by atoms with van der Waals surface area (Å²) in [7, 11) is 0. The molecule has 0 saturated carbocycles. The second-order valence-corrected chi connectivity index (χ2v) is 5.14. The van der Waals surface area contributed by atoms with E-state index in [0.29, 0.717) is 0 Å². The number of hydrogen-bond acceptors (Lipinski definition) is 2. The van der Waals surface area contributed by atoms with Crippen molar-refractivity contribution < 1.29 is 5.11 Å².